The van der Waals surface area contributed by atoms with Crippen LogP contribution in [-0.2, 0) is 4.74 Å². The van der Waals surface area contributed by atoms with Crippen molar-refractivity contribution in [2.45, 2.75) is 26.0 Å². The van der Waals surface area contributed by atoms with Gasteiger partial charge in [-0.15, -0.1) is 0 Å². The topological polar surface area (TPSA) is 24.5 Å². The summed E-state index contributed by atoms with van der Waals surface area (Å²) in [6, 6.07) is 8.93. The Labute approximate surface area is 110 Å². The van der Waals surface area contributed by atoms with Gasteiger partial charge in [-0.1, -0.05) is 24.3 Å². The molecule has 1 aromatic rings. The van der Waals surface area contributed by atoms with Gasteiger partial charge in [-0.25, -0.2) is 0 Å². The number of rotatable bonds is 4. The van der Waals surface area contributed by atoms with E-state index >= 15 is 0 Å². The summed E-state index contributed by atoms with van der Waals surface area (Å²) in [6.45, 7) is 8.21. The van der Waals surface area contributed by atoms with E-state index in [0.29, 0.717) is 12.1 Å². The zero-order valence-electron chi connectivity index (χ0n) is 11.6. The lowest BCUT2D eigenvalue weighted by Gasteiger charge is -2.31. The summed E-state index contributed by atoms with van der Waals surface area (Å²) >= 11 is 0. The van der Waals surface area contributed by atoms with Gasteiger partial charge in [0.2, 0.25) is 0 Å². The zero-order valence-corrected chi connectivity index (χ0v) is 11.6. The Balaban J connectivity index is 1.84. The first kappa shape index (κ1) is 13.5. The average molecular weight is 248 g/mol. The fourth-order valence-electron chi connectivity index (χ4n) is 2.48. The normalized spacial score (nSPS) is 22.9. The molecule has 18 heavy (non-hydrogen) atoms. The van der Waals surface area contributed by atoms with Crippen LogP contribution in [0.5, 0.6) is 0 Å². The molecule has 1 saturated heterocycles. The molecule has 0 aliphatic carbocycles. The van der Waals surface area contributed by atoms with Crippen molar-refractivity contribution >= 4 is 0 Å². The summed E-state index contributed by atoms with van der Waals surface area (Å²) in [5, 5.41) is 3.58. The van der Waals surface area contributed by atoms with E-state index < -0.39 is 0 Å². The van der Waals surface area contributed by atoms with Crippen LogP contribution in [0, 0.1) is 6.92 Å². The molecule has 1 unspecified atom stereocenters. The van der Waals surface area contributed by atoms with Crippen LogP contribution in [0.2, 0.25) is 0 Å². The Morgan fingerprint density at radius 3 is 2.94 bits per heavy atom. The van der Waals surface area contributed by atoms with E-state index in [2.05, 4.69) is 55.4 Å². The number of nitrogens with zero attached hydrogens (tertiary/aromatic N) is 1. The van der Waals surface area contributed by atoms with Crippen molar-refractivity contribution in [2.24, 2.45) is 0 Å². The predicted molar refractivity (Wildman–Crippen MR) is 74.8 cm³/mol. The van der Waals surface area contributed by atoms with Crippen molar-refractivity contribution < 1.29 is 4.74 Å². The standard InChI is InChI=1S/C15H24N2O/c1-12-6-4-5-7-15(12)13(2)16-10-14-11-17(3)8-9-18-14/h4-7,13-14,16H,8-11H2,1-3H3/t13-,14?/m1/s1. The number of aryl methyl sites for hydroxylation is 1. The number of benzene rings is 1. The van der Waals surface area contributed by atoms with E-state index in [1.165, 1.54) is 11.1 Å². The third-order valence-corrected chi connectivity index (χ3v) is 3.65. The highest BCUT2D eigenvalue weighted by molar-refractivity contribution is 5.28. The summed E-state index contributed by atoms with van der Waals surface area (Å²) in [6.07, 6.45) is 0.315. The van der Waals surface area contributed by atoms with Crippen molar-refractivity contribution in [3.8, 4) is 0 Å². The van der Waals surface area contributed by atoms with E-state index in [1.54, 1.807) is 0 Å². The lowest BCUT2D eigenvalue weighted by Crippen LogP contribution is -2.45. The van der Waals surface area contributed by atoms with Crippen molar-refractivity contribution in [1.29, 1.82) is 0 Å². The largest absolute Gasteiger partial charge is 0.374 e. The molecular formula is C15H24N2O. The first-order valence-corrected chi connectivity index (χ1v) is 6.76. The lowest BCUT2D eigenvalue weighted by molar-refractivity contribution is -0.0191. The minimum absolute atomic E-state index is 0.315. The molecule has 1 heterocycles. The second-order valence-corrected chi connectivity index (χ2v) is 5.24. The second kappa shape index (κ2) is 6.32. The molecule has 2 rings (SSSR count). The number of morpholine rings is 1. The van der Waals surface area contributed by atoms with Gasteiger partial charge in [-0.3, -0.25) is 0 Å². The Kier molecular flexibility index (Phi) is 4.75. The molecule has 1 aliphatic heterocycles. The van der Waals surface area contributed by atoms with Gasteiger partial charge < -0.3 is 15.0 Å². The van der Waals surface area contributed by atoms with Gasteiger partial charge in [0.1, 0.15) is 0 Å². The minimum atomic E-state index is 0.315. The smallest absolute Gasteiger partial charge is 0.0826 e. The lowest BCUT2D eigenvalue weighted by atomic mass is 10.0. The van der Waals surface area contributed by atoms with Crippen LogP contribution >= 0.6 is 0 Å². The van der Waals surface area contributed by atoms with Crippen LogP contribution < -0.4 is 5.32 Å². The van der Waals surface area contributed by atoms with E-state index in [1.807, 2.05) is 0 Å². The highest BCUT2D eigenvalue weighted by Gasteiger charge is 2.18. The molecule has 1 aromatic carbocycles. The predicted octanol–water partition coefficient (Wildman–Crippen LogP) is 1.98. The SMILES string of the molecule is Cc1ccccc1[C@@H](C)NCC1CN(C)CCO1. The van der Waals surface area contributed by atoms with Gasteiger partial charge in [0.25, 0.3) is 0 Å². The zero-order chi connectivity index (χ0) is 13.0. The molecule has 0 aromatic heterocycles. The average Bonchev–Trinajstić information content (AvgIpc) is 2.37. The first-order chi connectivity index (χ1) is 8.66. The van der Waals surface area contributed by atoms with E-state index in [0.717, 1.165) is 26.2 Å². The Morgan fingerprint density at radius 2 is 2.22 bits per heavy atom. The summed E-state index contributed by atoms with van der Waals surface area (Å²) < 4.78 is 5.76. The van der Waals surface area contributed by atoms with Gasteiger partial charge in [0.05, 0.1) is 12.7 Å². The molecule has 2 atom stereocenters. The summed E-state index contributed by atoms with van der Waals surface area (Å²) in [4.78, 5) is 2.33. The third kappa shape index (κ3) is 3.55. The maximum atomic E-state index is 5.76. The minimum Gasteiger partial charge on any atom is -0.374 e. The molecule has 0 radical (unpaired) electrons. The highest BCUT2D eigenvalue weighted by atomic mass is 16.5. The fourth-order valence-corrected chi connectivity index (χ4v) is 2.48. The monoisotopic (exact) mass is 248 g/mol. The Bertz CT molecular complexity index is 381. The highest BCUT2D eigenvalue weighted by Crippen LogP contribution is 2.16. The maximum Gasteiger partial charge on any atom is 0.0826 e. The van der Waals surface area contributed by atoms with Crippen molar-refractivity contribution in [3.63, 3.8) is 0 Å². The van der Waals surface area contributed by atoms with Crippen molar-refractivity contribution in [1.82, 2.24) is 10.2 Å². The Morgan fingerprint density at radius 1 is 1.44 bits per heavy atom. The Hall–Kier alpha value is -0.900. The fraction of sp³-hybridized carbons (Fsp3) is 0.600. The summed E-state index contributed by atoms with van der Waals surface area (Å²) in [5.74, 6) is 0. The van der Waals surface area contributed by atoms with Gasteiger partial charge in [-0.2, -0.15) is 0 Å². The molecular weight excluding hydrogens is 224 g/mol. The maximum absolute atomic E-state index is 5.76. The van der Waals surface area contributed by atoms with E-state index in [9.17, 15) is 0 Å². The van der Waals surface area contributed by atoms with Crippen molar-refractivity contribution in [2.75, 3.05) is 33.3 Å². The van der Waals surface area contributed by atoms with Crippen molar-refractivity contribution in [3.05, 3.63) is 35.4 Å². The van der Waals surface area contributed by atoms with Gasteiger partial charge >= 0.3 is 0 Å². The number of hydrogen-bond acceptors (Lipinski definition) is 3. The molecule has 1 aliphatic rings. The number of hydrogen-bond donors (Lipinski definition) is 1. The molecule has 0 spiro atoms. The van der Waals surface area contributed by atoms with Crippen LogP contribution in [0.3, 0.4) is 0 Å². The van der Waals surface area contributed by atoms with Crippen LogP contribution in [0.1, 0.15) is 24.1 Å². The third-order valence-electron chi connectivity index (χ3n) is 3.65. The molecule has 3 nitrogen and oxygen atoms in total. The van der Waals surface area contributed by atoms with Gasteiger partial charge in [0.15, 0.2) is 0 Å². The number of likely N-dealkylation sites (N-methyl/N-ethyl adjacent to an activating group) is 1. The van der Waals surface area contributed by atoms with Crippen LogP contribution in [0.25, 0.3) is 0 Å². The van der Waals surface area contributed by atoms with Gasteiger partial charge in [-0.05, 0) is 32.0 Å². The first-order valence-electron chi connectivity index (χ1n) is 6.76. The summed E-state index contributed by atoms with van der Waals surface area (Å²) in [5.41, 5.74) is 2.72. The molecule has 0 bridgehead atoms. The number of ether oxygens (including phenoxy) is 1. The van der Waals surface area contributed by atoms with Crippen LogP contribution in [0.4, 0.5) is 0 Å². The summed E-state index contributed by atoms with van der Waals surface area (Å²) in [7, 11) is 2.15. The van der Waals surface area contributed by atoms with Crippen LogP contribution in [0.15, 0.2) is 24.3 Å². The molecule has 0 saturated carbocycles. The molecule has 3 heteroatoms. The second-order valence-electron chi connectivity index (χ2n) is 5.24. The van der Waals surface area contributed by atoms with Gasteiger partial charge in [0, 0.05) is 25.7 Å². The number of nitrogens with one attached hydrogen (secondary N) is 1. The van der Waals surface area contributed by atoms with Crippen LogP contribution in [-0.4, -0.2) is 44.3 Å². The molecule has 1 N–H and O–H groups in total. The molecule has 0 amide bonds. The van der Waals surface area contributed by atoms with E-state index in [-0.39, 0.29) is 0 Å². The van der Waals surface area contributed by atoms with E-state index in [4.69, 9.17) is 4.74 Å². The quantitative estimate of drug-likeness (QED) is 0.882. The molecule has 100 valence electrons. The molecule has 1 fully saturated rings.